The number of aliphatic hydroxyl groups is 1. The van der Waals surface area contributed by atoms with Gasteiger partial charge in [-0.15, -0.1) is 0 Å². The van der Waals surface area contributed by atoms with E-state index < -0.39 is 12.0 Å². The van der Waals surface area contributed by atoms with Gasteiger partial charge in [0.2, 0.25) is 6.43 Å². The zero-order valence-electron chi connectivity index (χ0n) is 8.60. The number of allylic oxidation sites excluding steroid dienone is 2. The summed E-state index contributed by atoms with van der Waals surface area (Å²) in [6.45, 7) is 1.82. The van der Waals surface area contributed by atoms with Gasteiger partial charge < -0.3 is 5.11 Å². The SMILES string of the molecule is CC1(O)CCC/C(=C/CC(F)F)CC1. The standard InChI is InChI=1S/C11H18F2O/c1-11(14)7-2-3-9(6-8-11)4-5-10(12)13/h4,10,14H,2-3,5-8H2,1H3/b9-4-. The highest BCUT2D eigenvalue weighted by Crippen LogP contribution is 2.29. The molecule has 14 heavy (non-hydrogen) atoms. The average molecular weight is 204 g/mol. The molecule has 1 N–H and O–H groups in total. The van der Waals surface area contributed by atoms with Crippen molar-refractivity contribution in [3.8, 4) is 0 Å². The van der Waals surface area contributed by atoms with Crippen LogP contribution in [0.3, 0.4) is 0 Å². The molecular formula is C11H18F2O. The molecule has 0 aromatic heterocycles. The summed E-state index contributed by atoms with van der Waals surface area (Å²) in [5.41, 5.74) is 0.489. The lowest BCUT2D eigenvalue weighted by molar-refractivity contribution is 0.0451. The number of hydrogen-bond donors (Lipinski definition) is 1. The molecule has 0 spiro atoms. The van der Waals surface area contributed by atoms with E-state index in [9.17, 15) is 13.9 Å². The molecule has 1 aliphatic rings. The van der Waals surface area contributed by atoms with E-state index in [1.54, 1.807) is 6.08 Å². The van der Waals surface area contributed by atoms with Crippen molar-refractivity contribution in [2.75, 3.05) is 0 Å². The van der Waals surface area contributed by atoms with Crippen LogP contribution in [0.15, 0.2) is 11.6 Å². The number of halogens is 2. The van der Waals surface area contributed by atoms with Gasteiger partial charge in [0.25, 0.3) is 0 Å². The lowest BCUT2D eigenvalue weighted by Gasteiger charge is -2.19. The smallest absolute Gasteiger partial charge is 0.242 e. The first-order valence-corrected chi connectivity index (χ1v) is 5.18. The zero-order chi connectivity index (χ0) is 10.6. The third-order valence-corrected chi connectivity index (χ3v) is 2.78. The highest BCUT2D eigenvalue weighted by Gasteiger charge is 2.23. The number of alkyl halides is 2. The lowest BCUT2D eigenvalue weighted by Crippen LogP contribution is -2.21. The van der Waals surface area contributed by atoms with Crippen LogP contribution in [0, 0.1) is 0 Å². The Morgan fingerprint density at radius 3 is 2.79 bits per heavy atom. The van der Waals surface area contributed by atoms with E-state index in [-0.39, 0.29) is 6.42 Å². The molecule has 0 radical (unpaired) electrons. The number of rotatable bonds is 2. The Bertz CT molecular complexity index is 209. The Morgan fingerprint density at radius 1 is 1.43 bits per heavy atom. The minimum atomic E-state index is -2.24. The molecule has 82 valence electrons. The molecule has 0 saturated heterocycles. The molecule has 0 aromatic rings. The normalized spacial score (nSPS) is 32.2. The van der Waals surface area contributed by atoms with Crippen LogP contribution in [-0.2, 0) is 0 Å². The van der Waals surface area contributed by atoms with Crippen molar-refractivity contribution in [1.82, 2.24) is 0 Å². The summed E-state index contributed by atoms with van der Waals surface area (Å²) in [6.07, 6.45) is 3.27. The van der Waals surface area contributed by atoms with Gasteiger partial charge in [-0.2, -0.15) is 0 Å². The van der Waals surface area contributed by atoms with E-state index in [4.69, 9.17) is 0 Å². The summed E-state index contributed by atoms with van der Waals surface area (Å²) in [4.78, 5) is 0. The van der Waals surface area contributed by atoms with E-state index in [1.807, 2.05) is 6.92 Å². The molecule has 0 heterocycles. The van der Waals surface area contributed by atoms with Gasteiger partial charge >= 0.3 is 0 Å². The van der Waals surface area contributed by atoms with Crippen molar-refractivity contribution in [3.63, 3.8) is 0 Å². The maximum atomic E-state index is 11.9. The van der Waals surface area contributed by atoms with Gasteiger partial charge in [0.05, 0.1) is 5.60 Å². The molecule has 1 saturated carbocycles. The van der Waals surface area contributed by atoms with Crippen LogP contribution in [0.1, 0.15) is 45.4 Å². The molecule has 0 amide bonds. The summed E-state index contributed by atoms with van der Waals surface area (Å²) in [7, 11) is 0. The molecule has 1 unspecified atom stereocenters. The Labute approximate surface area is 83.8 Å². The first-order valence-electron chi connectivity index (χ1n) is 5.18. The van der Waals surface area contributed by atoms with Crippen LogP contribution in [0.25, 0.3) is 0 Å². The second kappa shape index (κ2) is 4.87. The van der Waals surface area contributed by atoms with Crippen molar-refractivity contribution < 1.29 is 13.9 Å². The Morgan fingerprint density at radius 2 is 2.14 bits per heavy atom. The van der Waals surface area contributed by atoms with Crippen molar-refractivity contribution in [2.24, 2.45) is 0 Å². The second-order valence-electron chi connectivity index (χ2n) is 4.34. The average Bonchev–Trinajstić information content (AvgIpc) is 2.23. The fourth-order valence-corrected chi connectivity index (χ4v) is 1.84. The largest absolute Gasteiger partial charge is 0.390 e. The Kier molecular flexibility index (Phi) is 4.05. The van der Waals surface area contributed by atoms with E-state index in [0.29, 0.717) is 6.42 Å². The fourth-order valence-electron chi connectivity index (χ4n) is 1.84. The summed E-state index contributed by atoms with van der Waals surface area (Å²) < 4.78 is 23.9. The van der Waals surface area contributed by atoms with Crippen molar-refractivity contribution in [3.05, 3.63) is 11.6 Å². The van der Waals surface area contributed by atoms with Crippen molar-refractivity contribution >= 4 is 0 Å². The maximum absolute atomic E-state index is 11.9. The van der Waals surface area contributed by atoms with E-state index in [1.165, 1.54) is 0 Å². The third kappa shape index (κ3) is 4.18. The molecule has 1 fully saturated rings. The quantitative estimate of drug-likeness (QED) is 0.540. The molecule has 1 atom stereocenters. The highest BCUT2D eigenvalue weighted by atomic mass is 19.3. The number of hydrogen-bond acceptors (Lipinski definition) is 1. The molecular weight excluding hydrogens is 186 g/mol. The zero-order valence-corrected chi connectivity index (χ0v) is 8.60. The van der Waals surface area contributed by atoms with Gasteiger partial charge in [0.1, 0.15) is 0 Å². The monoisotopic (exact) mass is 204 g/mol. The molecule has 3 heteroatoms. The summed E-state index contributed by atoms with van der Waals surface area (Å²) >= 11 is 0. The topological polar surface area (TPSA) is 20.2 Å². The summed E-state index contributed by atoms with van der Waals surface area (Å²) in [5, 5.41) is 9.77. The summed E-state index contributed by atoms with van der Waals surface area (Å²) in [6, 6.07) is 0. The van der Waals surface area contributed by atoms with Crippen LogP contribution in [0.4, 0.5) is 8.78 Å². The molecule has 1 nitrogen and oxygen atoms in total. The third-order valence-electron chi connectivity index (χ3n) is 2.78. The minimum Gasteiger partial charge on any atom is -0.390 e. The van der Waals surface area contributed by atoms with Crippen LogP contribution >= 0.6 is 0 Å². The van der Waals surface area contributed by atoms with Gasteiger partial charge in [-0.05, 0) is 39.0 Å². The van der Waals surface area contributed by atoms with E-state index in [2.05, 4.69) is 0 Å². The van der Waals surface area contributed by atoms with Crippen LogP contribution in [0.2, 0.25) is 0 Å². The second-order valence-corrected chi connectivity index (χ2v) is 4.34. The molecule has 1 aliphatic carbocycles. The van der Waals surface area contributed by atoms with Gasteiger partial charge in [-0.3, -0.25) is 0 Å². The minimum absolute atomic E-state index is 0.141. The van der Waals surface area contributed by atoms with Gasteiger partial charge in [-0.1, -0.05) is 11.6 Å². The van der Waals surface area contributed by atoms with Gasteiger partial charge in [-0.25, -0.2) is 8.78 Å². The summed E-state index contributed by atoms with van der Waals surface area (Å²) in [5.74, 6) is 0. The van der Waals surface area contributed by atoms with Crippen LogP contribution < -0.4 is 0 Å². The Hall–Kier alpha value is -0.440. The molecule has 0 bridgehead atoms. The van der Waals surface area contributed by atoms with E-state index >= 15 is 0 Å². The fraction of sp³-hybridized carbons (Fsp3) is 0.818. The maximum Gasteiger partial charge on any atom is 0.242 e. The molecule has 0 aromatic carbocycles. The van der Waals surface area contributed by atoms with Crippen molar-refractivity contribution in [1.29, 1.82) is 0 Å². The lowest BCUT2D eigenvalue weighted by atomic mass is 9.97. The van der Waals surface area contributed by atoms with Crippen LogP contribution in [-0.4, -0.2) is 17.1 Å². The van der Waals surface area contributed by atoms with Crippen LogP contribution in [0.5, 0.6) is 0 Å². The van der Waals surface area contributed by atoms with Gasteiger partial charge in [0, 0.05) is 6.42 Å². The van der Waals surface area contributed by atoms with E-state index in [0.717, 1.165) is 31.3 Å². The van der Waals surface area contributed by atoms with Crippen molar-refractivity contribution in [2.45, 2.75) is 57.5 Å². The van der Waals surface area contributed by atoms with Gasteiger partial charge in [0.15, 0.2) is 0 Å². The first kappa shape index (κ1) is 11.6. The first-order chi connectivity index (χ1) is 6.49. The molecule has 1 rings (SSSR count). The highest BCUT2D eigenvalue weighted by molar-refractivity contribution is 5.05. The Balaban J connectivity index is 2.45. The predicted molar refractivity (Wildman–Crippen MR) is 52.4 cm³/mol. The predicted octanol–water partition coefficient (Wildman–Crippen LogP) is 3.28. The molecule has 0 aliphatic heterocycles.